The Hall–Kier alpha value is -8.16. The molecule has 380 valence electrons. The zero-order valence-electron chi connectivity index (χ0n) is 38.1. The number of nitro groups is 4. The molecule has 0 N–H and O–H groups in total. The average Bonchev–Trinajstić information content (AvgIpc) is 3.38. The van der Waals surface area contributed by atoms with Crippen molar-refractivity contribution < 1.29 is 59.6 Å². The molecule has 0 fully saturated rings. The minimum absolute atomic E-state index is 0.110. The van der Waals surface area contributed by atoms with Gasteiger partial charge in [-0.3, -0.25) is 0 Å². The first kappa shape index (κ1) is 53.6. The monoisotopic (exact) mass is 1060 g/mol. The van der Waals surface area contributed by atoms with Gasteiger partial charge >= 0.3 is 418 Å². The molecule has 0 amide bonds. The van der Waals surface area contributed by atoms with Gasteiger partial charge in [-0.15, -0.1) is 0 Å². The molecular weight excluding hydrogens is 1020 g/mol. The second kappa shape index (κ2) is 21.1. The molecule has 24 heteroatoms. The van der Waals surface area contributed by atoms with Crippen molar-refractivity contribution in [2.24, 2.45) is 0 Å². The molecule has 0 atom stereocenters. The Morgan fingerprint density at radius 3 is 0.851 bits per heavy atom. The zero-order valence-corrected chi connectivity index (χ0v) is 39.9. The predicted molar refractivity (Wildman–Crippen MR) is 269 cm³/mol. The van der Waals surface area contributed by atoms with Crippen molar-refractivity contribution in [1.82, 2.24) is 0 Å². The van der Waals surface area contributed by atoms with Gasteiger partial charge in [0, 0.05) is 0 Å². The third kappa shape index (κ3) is 10.1. The standard InChI is InChI=1S/C50H39BF6N4O11P2/c52-49(53,54)38-35-39(50(55,56)57)37-40(36-38)70-51(71-73(41-19-7-1-8-20-41,42-21-9-2-10-22-42,43-23-11-3-12-24-43)33-31-47(58(62)63)59(64)65)72-74(44-25-13-4-14-26-44,45-27-15-5-16-28-45,46-29-17-6-18-30-46)34-32-48(60(66)67)61(68)69/h1-32,35-37H,33-34H2. The van der Waals surface area contributed by atoms with Crippen LogP contribution in [0, 0.1) is 40.5 Å². The maximum atomic E-state index is 14.8. The van der Waals surface area contributed by atoms with E-state index in [4.69, 9.17) is 13.5 Å². The summed E-state index contributed by atoms with van der Waals surface area (Å²) in [5.41, 5.74) is -3.68. The summed E-state index contributed by atoms with van der Waals surface area (Å²) in [5.74, 6) is -4.27. The van der Waals surface area contributed by atoms with Gasteiger partial charge in [0.25, 0.3) is 0 Å². The molecule has 74 heavy (non-hydrogen) atoms. The number of halogens is 6. The fourth-order valence-corrected chi connectivity index (χ4v) is 19.7. The molecule has 0 aliphatic carbocycles. The molecule has 7 aromatic rings. The maximum absolute atomic E-state index is 14.8. The molecule has 0 spiro atoms. The Labute approximate surface area is 417 Å². The third-order valence-corrected chi connectivity index (χ3v) is 23.6. The second-order valence-electron chi connectivity index (χ2n) is 16.3. The van der Waals surface area contributed by atoms with Gasteiger partial charge in [-0.2, -0.15) is 0 Å². The minimum atomic E-state index is -5.61. The van der Waals surface area contributed by atoms with Crippen LogP contribution < -0.4 is 36.5 Å². The molecule has 7 aromatic carbocycles. The molecule has 0 saturated carbocycles. The summed E-state index contributed by atoms with van der Waals surface area (Å²) in [5, 5.41) is 50.8. The van der Waals surface area contributed by atoms with Crippen molar-refractivity contribution in [3.8, 4) is 5.75 Å². The summed E-state index contributed by atoms with van der Waals surface area (Å²) >= 11 is 0. The second-order valence-corrected chi connectivity index (χ2v) is 25.4. The first-order valence-corrected chi connectivity index (χ1v) is 26.5. The van der Waals surface area contributed by atoms with E-state index in [0.717, 1.165) is 0 Å². The number of nitrogens with zero attached hydrogens (tertiary/aromatic N) is 4. The summed E-state index contributed by atoms with van der Waals surface area (Å²) in [6.45, 7) is -11.2. The molecule has 7 rings (SSSR count). The molecule has 0 aliphatic heterocycles. The average molecular weight is 1060 g/mol. The molecule has 0 radical (unpaired) electrons. The first-order valence-electron chi connectivity index (χ1n) is 21.8. The van der Waals surface area contributed by atoms with Crippen molar-refractivity contribution in [3.63, 3.8) is 0 Å². The number of hydrogen-bond donors (Lipinski definition) is 0. The van der Waals surface area contributed by atoms with Gasteiger partial charge in [0.15, 0.2) is 0 Å². The van der Waals surface area contributed by atoms with Crippen LogP contribution in [0.1, 0.15) is 11.1 Å². The summed E-state index contributed by atoms with van der Waals surface area (Å²) in [7, 11) is -2.72. The quantitative estimate of drug-likeness (QED) is 0.0231. The van der Waals surface area contributed by atoms with Crippen molar-refractivity contribution in [3.05, 3.63) is 276 Å². The van der Waals surface area contributed by atoms with Gasteiger partial charge in [0.05, 0.1) is 0 Å². The van der Waals surface area contributed by atoms with Crippen LogP contribution in [0.5, 0.6) is 5.75 Å². The molecule has 0 aliphatic rings. The Morgan fingerprint density at radius 2 is 0.649 bits per heavy atom. The Bertz CT molecular complexity index is 2800. The van der Waals surface area contributed by atoms with E-state index in [1.807, 2.05) is 0 Å². The molecule has 0 unspecified atom stereocenters. The van der Waals surface area contributed by atoms with Crippen molar-refractivity contribution in [2.75, 3.05) is 12.3 Å². The van der Waals surface area contributed by atoms with E-state index in [-0.39, 0.29) is 50.0 Å². The number of rotatable bonds is 20. The summed E-state index contributed by atoms with van der Waals surface area (Å²) < 4.78 is 110. The summed E-state index contributed by atoms with van der Waals surface area (Å²) in [4.78, 5) is 45.0. The molecule has 0 bridgehead atoms. The van der Waals surface area contributed by atoms with Crippen molar-refractivity contribution in [1.29, 1.82) is 0 Å². The van der Waals surface area contributed by atoms with Crippen LogP contribution in [0.15, 0.2) is 224 Å². The van der Waals surface area contributed by atoms with Gasteiger partial charge < -0.3 is 0 Å². The third-order valence-electron chi connectivity index (χ3n) is 12.2. The fourth-order valence-electron chi connectivity index (χ4n) is 8.93. The number of hydrogen-bond acceptors (Lipinski definition) is 11. The van der Waals surface area contributed by atoms with Crippen LogP contribution in [0.3, 0.4) is 0 Å². The molecular formula is C50H39BF6N4O11P2. The number of benzene rings is 7. The van der Waals surface area contributed by atoms with Crippen molar-refractivity contribution in [2.45, 2.75) is 12.4 Å². The Balaban J connectivity index is 1.76. The number of alkyl halides is 6. The first-order chi connectivity index (χ1) is 35.1. The van der Waals surface area contributed by atoms with Gasteiger partial charge in [-0.25, -0.2) is 0 Å². The van der Waals surface area contributed by atoms with Gasteiger partial charge in [0.1, 0.15) is 0 Å². The van der Waals surface area contributed by atoms with Crippen LogP contribution in [0.2, 0.25) is 0 Å². The van der Waals surface area contributed by atoms with E-state index in [1.54, 1.807) is 36.4 Å². The van der Waals surface area contributed by atoms with Crippen LogP contribution >= 0.6 is 13.7 Å². The van der Waals surface area contributed by atoms with Crippen LogP contribution in [0.25, 0.3) is 0 Å². The van der Waals surface area contributed by atoms with E-state index in [1.165, 1.54) is 146 Å². The van der Waals surface area contributed by atoms with Gasteiger partial charge in [-0.1, -0.05) is 0 Å². The number of allylic oxidation sites excluding steroid dienone is 2. The Kier molecular flexibility index (Phi) is 15.3. The normalized spacial score (nSPS) is 12.9. The predicted octanol–water partition coefficient (Wildman–Crippen LogP) is 9.80. The SMILES string of the molecule is O=[N+]([O-])C(=CCP(OB(Oc1cc(C(F)(F)F)cc(C(F)(F)F)c1)OP(CC=C([N+](=O)[O-])[N+](=O)[O-])(c1ccccc1)(c1ccccc1)c1ccccc1)(c1ccccc1)(c1ccccc1)c1ccccc1)[N+](=O)[O-]. The van der Waals surface area contributed by atoms with Crippen LogP contribution in [-0.2, 0) is 21.2 Å². The van der Waals surface area contributed by atoms with Gasteiger partial charge in [-0.05, 0) is 0 Å². The summed E-state index contributed by atoms with van der Waals surface area (Å²) in [6.07, 6.45) is -11.3. The molecule has 15 nitrogen and oxygen atoms in total. The van der Waals surface area contributed by atoms with E-state index in [2.05, 4.69) is 0 Å². The fraction of sp³-hybridized carbons (Fsp3) is 0.0800. The van der Waals surface area contributed by atoms with Crippen LogP contribution in [-0.4, -0.2) is 39.3 Å². The Morgan fingerprint density at radius 1 is 0.419 bits per heavy atom. The van der Waals surface area contributed by atoms with Gasteiger partial charge in [0.2, 0.25) is 0 Å². The van der Waals surface area contributed by atoms with Crippen LogP contribution in [0.4, 0.5) is 26.3 Å². The van der Waals surface area contributed by atoms with E-state index in [0.29, 0.717) is 12.2 Å². The van der Waals surface area contributed by atoms with E-state index in [9.17, 15) is 66.8 Å². The molecule has 0 heterocycles. The summed E-state index contributed by atoms with van der Waals surface area (Å²) in [6, 6.07) is 46.1. The zero-order chi connectivity index (χ0) is 53.4. The topological polar surface area (TPSA) is 200 Å². The molecule has 0 saturated heterocycles. The molecule has 0 aromatic heterocycles. The van der Waals surface area contributed by atoms with E-state index < -0.39 is 93.9 Å². The van der Waals surface area contributed by atoms with Crippen molar-refractivity contribution >= 4 is 52.8 Å². The van der Waals surface area contributed by atoms with E-state index >= 15 is 0 Å².